The summed E-state index contributed by atoms with van der Waals surface area (Å²) in [5.41, 5.74) is 0. The summed E-state index contributed by atoms with van der Waals surface area (Å²) in [7, 11) is 0. The van der Waals surface area contributed by atoms with Gasteiger partial charge >= 0.3 is 0 Å². The summed E-state index contributed by atoms with van der Waals surface area (Å²) in [5.74, 6) is 4.42. The molecule has 2 heteroatoms. The summed E-state index contributed by atoms with van der Waals surface area (Å²) in [6.07, 6.45) is 13.2. The third kappa shape index (κ3) is 2.79. The molecule has 0 aromatic rings. The maximum absolute atomic E-state index is 4.11. The zero-order chi connectivity index (χ0) is 14.2. The molecular formula is C19H34N2. The van der Waals surface area contributed by atoms with Crippen molar-refractivity contribution in [2.75, 3.05) is 19.6 Å². The van der Waals surface area contributed by atoms with Crippen molar-refractivity contribution in [3.05, 3.63) is 0 Å². The molecule has 5 unspecified atom stereocenters. The fourth-order valence-corrected chi connectivity index (χ4v) is 6.27. The second-order valence-electron chi connectivity index (χ2n) is 8.40. The van der Waals surface area contributed by atoms with Gasteiger partial charge in [-0.25, -0.2) is 0 Å². The molecule has 1 N–H and O–H groups in total. The molecule has 4 aliphatic rings. The Bertz CT molecular complexity index is 347. The van der Waals surface area contributed by atoms with E-state index in [0.29, 0.717) is 0 Å². The highest BCUT2D eigenvalue weighted by Crippen LogP contribution is 2.58. The largest absolute Gasteiger partial charge is 0.311 e. The van der Waals surface area contributed by atoms with Gasteiger partial charge in [-0.05, 0) is 88.3 Å². The normalized spacial score (nSPS) is 43.6. The molecule has 4 rings (SSSR count). The Morgan fingerprint density at radius 3 is 2.57 bits per heavy atom. The zero-order valence-electron chi connectivity index (χ0n) is 13.9. The van der Waals surface area contributed by atoms with Gasteiger partial charge in [-0.2, -0.15) is 0 Å². The van der Waals surface area contributed by atoms with Crippen LogP contribution in [0, 0.1) is 23.7 Å². The van der Waals surface area contributed by atoms with Gasteiger partial charge in [0.2, 0.25) is 0 Å². The van der Waals surface area contributed by atoms with Crippen molar-refractivity contribution in [3.8, 4) is 0 Å². The quantitative estimate of drug-likeness (QED) is 0.831. The number of unbranched alkanes of at least 4 members (excludes halogenated alkanes) is 1. The smallest absolute Gasteiger partial charge is 0.0103 e. The number of likely N-dealkylation sites (tertiary alicyclic amines) is 1. The Hall–Kier alpha value is -0.0800. The van der Waals surface area contributed by atoms with Gasteiger partial charge in [0, 0.05) is 12.1 Å². The van der Waals surface area contributed by atoms with Gasteiger partial charge in [0.15, 0.2) is 0 Å². The number of nitrogens with one attached hydrogen (secondary N) is 1. The highest BCUT2D eigenvalue weighted by Gasteiger charge is 2.53. The fraction of sp³-hybridized carbons (Fsp3) is 1.00. The molecule has 1 saturated heterocycles. The average Bonchev–Trinajstić information content (AvgIpc) is 3.19. The fourth-order valence-electron chi connectivity index (χ4n) is 6.27. The Morgan fingerprint density at radius 1 is 0.952 bits per heavy atom. The van der Waals surface area contributed by atoms with Crippen LogP contribution in [0.3, 0.4) is 0 Å². The van der Waals surface area contributed by atoms with Crippen LogP contribution in [-0.4, -0.2) is 36.6 Å². The van der Waals surface area contributed by atoms with E-state index in [1.54, 1.807) is 19.3 Å². The number of fused-ring (bicyclic) bond motifs is 5. The van der Waals surface area contributed by atoms with E-state index >= 15 is 0 Å². The van der Waals surface area contributed by atoms with Crippen molar-refractivity contribution in [1.82, 2.24) is 10.2 Å². The van der Waals surface area contributed by atoms with Crippen LogP contribution in [0.5, 0.6) is 0 Å². The third-order valence-electron chi connectivity index (χ3n) is 7.29. The van der Waals surface area contributed by atoms with E-state index in [1.807, 2.05) is 0 Å². The molecule has 4 fully saturated rings. The topological polar surface area (TPSA) is 15.3 Å². The molecule has 0 spiro atoms. The second-order valence-corrected chi connectivity index (χ2v) is 8.40. The predicted octanol–water partition coefficient (Wildman–Crippen LogP) is 3.67. The van der Waals surface area contributed by atoms with Crippen molar-refractivity contribution in [2.24, 2.45) is 23.7 Å². The van der Waals surface area contributed by atoms with Gasteiger partial charge in [-0.1, -0.05) is 19.8 Å². The first-order chi connectivity index (χ1) is 10.3. The van der Waals surface area contributed by atoms with Crippen molar-refractivity contribution in [2.45, 2.75) is 76.8 Å². The molecule has 21 heavy (non-hydrogen) atoms. The molecule has 1 aliphatic heterocycles. The van der Waals surface area contributed by atoms with Gasteiger partial charge in [-0.3, -0.25) is 0 Å². The second kappa shape index (κ2) is 6.20. The van der Waals surface area contributed by atoms with Crippen LogP contribution in [0.15, 0.2) is 0 Å². The number of hydrogen-bond donors (Lipinski definition) is 1. The summed E-state index contributed by atoms with van der Waals surface area (Å²) in [6.45, 7) is 6.32. The minimum Gasteiger partial charge on any atom is -0.311 e. The van der Waals surface area contributed by atoms with Gasteiger partial charge in [0.25, 0.3) is 0 Å². The molecule has 0 aromatic carbocycles. The highest BCUT2D eigenvalue weighted by atomic mass is 15.1. The lowest BCUT2D eigenvalue weighted by atomic mass is 9.78. The van der Waals surface area contributed by atoms with E-state index in [1.165, 1.54) is 58.2 Å². The first-order valence-electron chi connectivity index (χ1n) is 9.83. The lowest BCUT2D eigenvalue weighted by molar-refractivity contribution is 0.156. The summed E-state index contributed by atoms with van der Waals surface area (Å²) < 4.78 is 0. The van der Waals surface area contributed by atoms with Gasteiger partial charge in [0.05, 0.1) is 0 Å². The van der Waals surface area contributed by atoms with Gasteiger partial charge < -0.3 is 10.2 Å². The Morgan fingerprint density at radius 2 is 1.76 bits per heavy atom. The number of hydrogen-bond acceptors (Lipinski definition) is 2. The highest BCUT2D eigenvalue weighted by molar-refractivity contribution is 5.06. The average molecular weight is 290 g/mol. The first-order valence-corrected chi connectivity index (χ1v) is 9.83. The summed E-state index contributed by atoms with van der Waals surface area (Å²) >= 11 is 0. The zero-order valence-corrected chi connectivity index (χ0v) is 13.9. The summed E-state index contributed by atoms with van der Waals surface area (Å²) in [4.78, 5) is 2.69. The maximum Gasteiger partial charge on any atom is 0.0103 e. The molecule has 0 aromatic heterocycles. The van der Waals surface area contributed by atoms with Crippen molar-refractivity contribution in [3.63, 3.8) is 0 Å². The van der Waals surface area contributed by atoms with Crippen LogP contribution in [0.1, 0.15) is 64.7 Å². The minimum atomic E-state index is 0.826. The van der Waals surface area contributed by atoms with Crippen LogP contribution >= 0.6 is 0 Å². The van der Waals surface area contributed by atoms with Crippen LogP contribution in [0.25, 0.3) is 0 Å². The standard InChI is InChI=1S/C19H34N2/c1-2-3-9-21-10-7-15(8-11-21)20-19-13-14-12-18(19)17-6-4-5-16(14)17/h14-20H,2-13H2,1H3. The van der Waals surface area contributed by atoms with E-state index < -0.39 is 0 Å². The molecule has 2 bridgehead atoms. The number of rotatable bonds is 5. The number of piperidine rings is 1. The van der Waals surface area contributed by atoms with E-state index in [9.17, 15) is 0 Å². The first kappa shape index (κ1) is 14.5. The Balaban J connectivity index is 1.25. The Kier molecular flexibility index (Phi) is 4.28. The third-order valence-corrected chi connectivity index (χ3v) is 7.29. The molecule has 1 heterocycles. The molecule has 0 radical (unpaired) electrons. The lowest BCUT2D eigenvalue weighted by Gasteiger charge is -2.38. The molecule has 3 saturated carbocycles. The van der Waals surface area contributed by atoms with Crippen molar-refractivity contribution >= 4 is 0 Å². The molecule has 2 nitrogen and oxygen atoms in total. The van der Waals surface area contributed by atoms with Gasteiger partial charge in [0.1, 0.15) is 0 Å². The van der Waals surface area contributed by atoms with Crippen LogP contribution < -0.4 is 5.32 Å². The minimum absolute atomic E-state index is 0.826. The van der Waals surface area contributed by atoms with E-state index in [4.69, 9.17) is 0 Å². The van der Waals surface area contributed by atoms with E-state index in [-0.39, 0.29) is 0 Å². The molecule has 3 aliphatic carbocycles. The SMILES string of the molecule is CCCCN1CCC(NC2CC3CC2C2CCCC32)CC1. The van der Waals surface area contributed by atoms with Crippen LogP contribution in [0.4, 0.5) is 0 Å². The molecule has 0 amide bonds. The number of nitrogens with zero attached hydrogens (tertiary/aromatic N) is 1. The maximum atomic E-state index is 4.11. The predicted molar refractivity (Wildman–Crippen MR) is 88.3 cm³/mol. The van der Waals surface area contributed by atoms with Crippen LogP contribution in [-0.2, 0) is 0 Å². The van der Waals surface area contributed by atoms with Crippen molar-refractivity contribution < 1.29 is 0 Å². The van der Waals surface area contributed by atoms with E-state index in [0.717, 1.165) is 35.8 Å². The van der Waals surface area contributed by atoms with Gasteiger partial charge in [-0.15, -0.1) is 0 Å². The summed E-state index contributed by atoms with van der Waals surface area (Å²) in [5, 5.41) is 4.11. The molecular weight excluding hydrogens is 256 g/mol. The monoisotopic (exact) mass is 290 g/mol. The molecule has 120 valence electrons. The molecule has 5 atom stereocenters. The lowest BCUT2D eigenvalue weighted by Crippen LogP contribution is -2.49. The van der Waals surface area contributed by atoms with Crippen molar-refractivity contribution in [1.29, 1.82) is 0 Å². The van der Waals surface area contributed by atoms with E-state index in [2.05, 4.69) is 17.1 Å². The summed E-state index contributed by atoms with van der Waals surface area (Å²) in [6, 6.07) is 1.72. The Labute approximate surface area is 131 Å². The van der Waals surface area contributed by atoms with Crippen LogP contribution in [0.2, 0.25) is 0 Å².